The molecule has 1 aliphatic carbocycles. The molecule has 1 aliphatic rings. The maximum absolute atomic E-state index is 12.3. The van der Waals surface area contributed by atoms with E-state index in [0.717, 1.165) is 17.7 Å². The second kappa shape index (κ2) is 6.65. The fourth-order valence-electron chi connectivity index (χ4n) is 2.27. The van der Waals surface area contributed by atoms with Crippen LogP contribution in [-0.2, 0) is 14.9 Å². The minimum Gasteiger partial charge on any atom is -0.462 e. The first-order valence-corrected chi connectivity index (χ1v) is 8.43. The quantitative estimate of drug-likeness (QED) is 0.670. The Morgan fingerprint density at radius 1 is 1.41 bits per heavy atom. The van der Waals surface area contributed by atoms with Crippen molar-refractivity contribution in [3.05, 3.63) is 28.7 Å². The van der Waals surface area contributed by atoms with Crippen molar-refractivity contribution in [1.82, 2.24) is 0 Å². The molecule has 5 heteroatoms. The van der Waals surface area contributed by atoms with Gasteiger partial charge in [0.15, 0.2) is 0 Å². The van der Waals surface area contributed by atoms with Gasteiger partial charge in [0.1, 0.15) is 5.00 Å². The molecular weight excluding hydrogens is 298 g/mol. The largest absolute Gasteiger partial charge is 0.462 e. The number of anilines is 1. The smallest absolute Gasteiger partial charge is 0.341 e. The van der Waals surface area contributed by atoms with Crippen LogP contribution in [0, 0.1) is 5.92 Å². The van der Waals surface area contributed by atoms with Gasteiger partial charge in [-0.3, -0.25) is 4.79 Å². The van der Waals surface area contributed by atoms with E-state index in [9.17, 15) is 9.59 Å². The van der Waals surface area contributed by atoms with Crippen LogP contribution in [0.2, 0.25) is 0 Å². The van der Waals surface area contributed by atoms with Crippen LogP contribution in [0.1, 0.15) is 55.8 Å². The number of esters is 1. The SMILES string of the molecule is CCOC(=O)c1cc(C(C)(C)C)sc1NC(=O)C1C=CCC1. The van der Waals surface area contributed by atoms with E-state index in [1.54, 1.807) is 6.92 Å². The van der Waals surface area contributed by atoms with Gasteiger partial charge in [-0.25, -0.2) is 4.79 Å². The Morgan fingerprint density at radius 2 is 2.14 bits per heavy atom. The number of allylic oxidation sites excluding steroid dienone is 1. The van der Waals surface area contributed by atoms with E-state index in [0.29, 0.717) is 17.2 Å². The zero-order valence-electron chi connectivity index (χ0n) is 13.6. The summed E-state index contributed by atoms with van der Waals surface area (Å²) in [7, 11) is 0. The van der Waals surface area contributed by atoms with E-state index in [1.807, 2.05) is 18.2 Å². The third kappa shape index (κ3) is 3.77. The average molecular weight is 321 g/mol. The van der Waals surface area contributed by atoms with Gasteiger partial charge in [0, 0.05) is 4.88 Å². The van der Waals surface area contributed by atoms with Gasteiger partial charge < -0.3 is 10.1 Å². The predicted octanol–water partition coefficient (Wildman–Crippen LogP) is 4.13. The van der Waals surface area contributed by atoms with Crippen molar-refractivity contribution in [3.63, 3.8) is 0 Å². The van der Waals surface area contributed by atoms with Crippen LogP contribution in [0.5, 0.6) is 0 Å². The zero-order chi connectivity index (χ0) is 16.3. The molecule has 0 saturated heterocycles. The van der Waals surface area contributed by atoms with Crippen LogP contribution in [0.25, 0.3) is 0 Å². The summed E-state index contributed by atoms with van der Waals surface area (Å²) in [5, 5.41) is 3.50. The standard InChI is InChI=1S/C17H23NO3S/c1-5-21-16(20)12-10-13(17(2,3)4)22-15(12)18-14(19)11-8-6-7-9-11/h6,8,10-11H,5,7,9H2,1-4H3,(H,18,19). The molecule has 1 N–H and O–H groups in total. The van der Waals surface area contributed by atoms with Crippen LogP contribution in [0.3, 0.4) is 0 Å². The molecule has 1 amide bonds. The monoisotopic (exact) mass is 321 g/mol. The first-order chi connectivity index (χ1) is 10.3. The molecule has 0 fully saturated rings. The number of nitrogens with one attached hydrogen (secondary N) is 1. The molecule has 1 aromatic rings. The average Bonchev–Trinajstić information content (AvgIpc) is 3.07. The minimum absolute atomic E-state index is 0.0541. The highest BCUT2D eigenvalue weighted by Gasteiger charge is 2.26. The Hall–Kier alpha value is -1.62. The van der Waals surface area contributed by atoms with Crippen molar-refractivity contribution in [3.8, 4) is 0 Å². The molecule has 22 heavy (non-hydrogen) atoms. The lowest BCUT2D eigenvalue weighted by atomic mass is 9.94. The van der Waals surface area contributed by atoms with Crippen molar-refractivity contribution in [1.29, 1.82) is 0 Å². The van der Waals surface area contributed by atoms with Gasteiger partial charge >= 0.3 is 5.97 Å². The van der Waals surface area contributed by atoms with Gasteiger partial charge in [-0.15, -0.1) is 11.3 Å². The summed E-state index contributed by atoms with van der Waals surface area (Å²) in [4.78, 5) is 25.5. The van der Waals surface area contributed by atoms with E-state index in [4.69, 9.17) is 4.74 Å². The Labute approximate surface area is 135 Å². The fourth-order valence-corrected chi connectivity index (χ4v) is 3.38. The van der Waals surface area contributed by atoms with Gasteiger partial charge in [-0.1, -0.05) is 32.9 Å². The van der Waals surface area contributed by atoms with Crippen molar-refractivity contribution in [2.75, 3.05) is 11.9 Å². The van der Waals surface area contributed by atoms with Crippen LogP contribution in [-0.4, -0.2) is 18.5 Å². The summed E-state index contributed by atoms with van der Waals surface area (Å²) in [6, 6.07) is 1.84. The first-order valence-electron chi connectivity index (χ1n) is 7.62. The van der Waals surface area contributed by atoms with E-state index in [-0.39, 0.29) is 23.2 Å². The number of amides is 1. The summed E-state index contributed by atoms with van der Waals surface area (Å²) in [5.41, 5.74) is 0.370. The van der Waals surface area contributed by atoms with E-state index in [1.165, 1.54) is 11.3 Å². The van der Waals surface area contributed by atoms with Crippen molar-refractivity contribution in [2.45, 2.75) is 46.0 Å². The molecule has 120 valence electrons. The second-order valence-corrected chi connectivity index (χ2v) is 7.48. The van der Waals surface area contributed by atoms with Crippen LogP contribution < -0.4 is 5.32 Å². The molecule has 1 heterocycles. The molecule has 0 aromatic carbocycles. The van der Waals surface area contributed by atoms with E-state index >= 15 is 0 Å². The highest BCUT2D eigenvalue weighted by atomic mass is 32.1. The summed E-state index contributed by atoms with van der Waals surface area (Å²) in [6.45, 7) is 8.34. The zero-order valence-corrected chi connectivity index (χ0v) is 14.4. The number of carbonyl (C=O) groups excluding carboxylic acids is 2. The molecule has 1 unspecified atom stereocenters. The third-order valence-electron chi connectivity index (χ3n) is 3.55. The highest BCUT2D eigenvalue weighted by Crippen LogP contribution is 2.37. The lowest BCUT2D eigenvalue weighted by molar-refractivity contribution is -0.118. The molecule has 1 atom stereocenters. The van der Waals surface area contributed by atoms with E-state index < -0.39 is 0 Å². The maximum atomic E-state index is 12.3. The molecule has 0 spiro atoms. The summed E-state index contributed by atoms with van der Waals surface area (Å²) in [5.74, 6) is -0.539. The molecular formula is C17H23NO3S. The lowest BCUT2D eigenvalue weighted by Crippen LogP contribution is -2.20. The van der Waals surface area contributed by atoms with Gasteiger partial charge in [0.05, 0.1) is 18.1 Å². The van der Waals surface area contributed by atoms with Crippen LogP contribution in [0.4, 0.5) is 5.00 Å². The summed E-state index contributed by atoms with van der Waals surface area (Å²) >= 11 is 1.45. The second-order valence-electron chi connectivity index (χ2n) is 6.43. The van der Waals surface area contributed by atoms with Crippen LogP contribution in [0.15, 0.2) is 18.2 Å². The van der Waals surface area contributed by atoms with E-state index in [2.05, 4.69) is 26.1 Å². The molecule has 1 aromatic heterocycles. The normalized spacial score (nSPS) is 17.5. The molecule has 4 nitrogen and oxygen atoms in total. The van der Waals surface area contributed by atoms with Gasteiger partial charge in [0.25, 0.3) is 0 Å². The first kappa shape index (κ1) is 16.7. The Bertz CT molecular complexity index is 596. The summed E-state index contributed by atoms with van der Waals surface area (Å²) in [6.07, 6.45) is 5.71. The molecule has 2 rings (SSSR count). The van der Waals surface area contributed by atoms with Crippen molar-refractivity contribution >= 4 is 28.2 Å². The number of thiophene rings is 1. The lowest BCUT2D eigenvalue weighted by Gasteiger charge is -2.15. The Balaban J connectivity index is 2.27. The Kier molecular flexibility index (Phi) is 5.06. The number of hydrogen-bond acceptors (Lipinski definition) is 4. The topological polar surface area (TPSA) is 55.4 Å². The predicted molar refractivity (Wildman–Crippen MR) is 89.5 cm³/mol. The highest BCUT2D eigenvalue weighted by molar-refractivity contribution is 7.16. The van der Waals surface area contributed by atoms with Gasteiger partial charge in [-0.05, 0) is 31.2 Å². The summed E-state index contributed by atoms with van der Waals surface area (Å²) < 4.78 is 5.10. The van der Waals surface area contributed by atoms with Gasteiger partial charge in [0.2, 0.25) is 5.91 Å². The number of ether oxygens (including phenoxy) is 1. The third-order valence-corrected chi connectivity index (χ3v) is 5.03. The molecule has 0 radical (unpaired) electrons. The number of rotatable bonds is 4. The van der Waals surface area contributed by atoms with Crippen molar-refractivity contribution < 1.29 is 14.3 Å². The van der Waals surface area contributed by atoms with Crippen molar-refractivity contribution in [2.24, 2.45) is 5.92 Å². The molecule has 0 aliphatic heterocycles. The Morgan fingerprint density at radius 3 is 2.68 bits per heavy atom. The molecule has 0 bridgehead atoms. The maximum Gasteiger partial charge on any atom is 0.341 e. The number of carbonyl (C=O) groups is 2. The van der Waals surface area contributed by atoms with Gasteiger partial charge in [-0.2, -0.15) is 0 Å². The minimum atomic E-state index is -0.383. The molecule has 0 saturated carbocycles. The number of hydrogen-bond donors (Lipinski definition) is 1. The fraction of sp³-hybridized carbons (Fsp3) is 0.529. The van der Waals surface area contributed by atoms with Crippen LogP contribution >= 0.6 is 11.3 Å².